The van der Waals surface area contributed by atoms with Crippen LogP contribution in [0.4, 0.5) is 19.3 Å². The number of benzene rings is 1. The Bertz CT molecular complexity index is 504. The first kappa shape index (κ1) is 15.0. The number of nitrogens with zero attached hydrogens (tertiary/aromatic N) is 1. The van der Waals surface area contributed by atoms with E-state index < -0.39 is 23.8 Å². The van der Waals surface area contributed by atoms with Gasteiger partial charge in [-0.25, -0.2) is 13.6 Å². The van der Waals surface area contributed by atoms with E-state index >= 15 is 0 Å². The molecule has 110 valence electrons. The van der Waals surface area contributed by atoms with Crippen LogP contribution in [0.2, 0.25) is 5.02 Å². The van der Waals surface area contributed by atoms with Crippen molar-refractivity contribution in [2.75, 3.05) is 18.4 Å². The molecule has 1 saturated heterocycles. The number of β-amino-alcohol motifs (C(OH)–C–C–N with tert-alkyl or cyclic N) is 1. The van der Waals surface area contributed by atoms with E-state index in [0.29, 0.717) is 19.0 Å². The first-order chi connectivity index (χ1) is 9.38. The van der Waals surface area contributed by atoms with Crippen molar-refractivity contribution in [1.82, 2.24) is 4.90 Å². The number of hydrogen-bond acceptors (Lipinski definition) is 2. The fourth-order valence-electron chi connectivity index (χ4n) is 2.08. The number of aliphatic hydroxyl groups excluding tert-OH is 1. The molecule has 20 heavy (non-hydrogen) atoms. The maximum absolute atomic E-state index is 13.6. The number of piperidine rings is 1. The van der Waals surface area contributed by atoms with Crippen molar-refractivity contribution in [3.63, 3.8) is 0 Å². The van der Waals surface area contributed by atoms with Crippen molar-refractivity contribution in [2.24, 2.45) is 5.92 Å². The molecule has 1 heterocycles. The predicted octanol–water partition coefficient (Wildman–Crippen LogP) is 2.85. The predicted molar refractivity (Wildman–Crippen MR) is 71.7 cm³/mol. The summed E-state index contributed by atoms with van der Waals surface area (Å²) in [5.41, 5.74) is -0.258. The van der Waals surface area contributed by atoms with Crippen LogP contribution in [-0.2, 0) is 0 Å². The van der Waals surface area contributed by atoms with Gasteiger partial charge in [-0.2, -0.15) is 0 Å². The third-order valence-corrected chi connectivity index (χ3v) is 3.74. The van der Waals surface area contributed by atoms with Crippen LogP contribution in [0.25, 0.3) is 0 Å². The van der Waals surface area contributed by atoms with Crippen LogP contribution in [0.5, 0.6) is 0 Å². The summed E-state index contributed by atoms with van der Waals surface area (Å²) < 4.78 is 26.5. The van der Waals surface area contributed by atoms with Crippen LogP contribution >= 0.6 is 11.6 Å². The molecule has 0 radical (unpaired) electrons. The number of nitrogens with one attached hydrogen (secondary N) is 1. The zero-order chi connectivity index (χ0) is 14.9. The molecule has 4 nitrogen and oxygen atoms in total. The van der Waals surface area contributed by atoms with Crippen molar-refractivity contribution in [1.29, 1.82) is 0 Å². The molecule has 1 aromatic rings. The van der Waals surface area contributed by atoms with Crippen LogP contribution in [-0.4, -0.2) is 35.2 Å². The van der Waals surface area contributed by atoms with Crippen LogP contribution < -0.4 is 5.32 Å². The number of urea groups is 1. The molecule has 0 aromatic heterocycles. The van der Waals surface area contributed by atoms with Crippen LogP contribution in [0.15, 0.2) is 12.1 Å². The summed E-state index contributed by atoms with van der Waals surface area (Å²) in [6.07, 6.45) is 0.0526. The SMILES string of the molecule is CC1CCN(C(=O)Nc2c(F)cc(F)cc2Cl)CC1O. The van der Waals surface area contributed by atoms with E-state index in [0.717, 1.165) is 6.07 Å². The number of rotatable bonds is 1. The van der Waals surface area contributed by atoms with Crippen molar-refractivity contribution in [2.45, 2.75) is 19.4 Å². The molecular weight excluding hydrogens is 290 g/mol. The Hall–Kier alpha value is -1.40. The number of anilines is 1. The fraction of sp³-hybridized carbons (Fsp3) is 0.462. The lowest BCUT2D eigenvalue weighted by Gasteiger charge is -2.34. The van der Waals surface area contributed by atoms with E-state index in [-0.39, 0.29) is 23.2 Å². The molecule has 7 heteroatoms. The van der Waals surface area contributed by atoms with Gasteiger partial charge in [0, 0.05) is 19.2 Å². The van der Waals surface area contributed by atoms with Gasteiger partial charge in [-0.1, -0.05) is 18.5 Å². The Balaban J connectivity index is 2.09. The topological polar surface area (TPSA) is 52.6 Å². The number of hydrogen-bond donors (Lipinski definition) is 2. The Morgan fingerprint density at radius 3 is 2.80 bits per heavy atom. The van der Waals surface area contributed by atoms with Gasteiger partial charge in [-0.05, 0) is 18.4 Å². The lowest BCUT2D eigenvalue weighted by atomic mass is 9.96. The van der Waals surface area contributed by atoms with Gasteiger partial charge in [0.15, 0.2) is 5.82 Å². The highest BCUT2D eigenvalue weighted by atomic mass is 35.5. The van der Waals surface area contributed by atoms with E-state index in [9.17, 15) is 18.7 Å². The molecule has 2 amide bonds. The summed E-state index contributed by atoms with van der Waals surface area (Å²) in [4.78, 5) is 13.4. The number of aliphatic hydroxyl groups is 1. The summed E-state index contributed by atoms with van der Waals surface area (Å²) in [7, 11) is 0. The first-order valence-corrected chi connectivity index (χ1v) is 6.65. The molecule has 1 aliphatic heterocycles. The average molecular weight is 305 g/mol. The van der Waals surface area contributed by atoms with E-state index in [1.807, 2.05) is 6.92 Å². The highest BCUT2D eigenvalue weighted by Gasteiger charge is 2.28. The number of likely N-dealkylation sites (tertiary alicyclic amines) is 1. The second-order valence-electron chi connectivity index (χ2n) is 4.95. The van der Waals surface area contributed by atoms with Gasteiger partial charge in [-0.3, -0.25) is 0 Å². The summed E-state index contributed by atoms with van der Waals surface area (Å²) in [6.45, 7) is 2.54. The van der Waals surface area contributed by atoms with E-state index in [4.69, 9.17) is 11.6 Å². The van der Waals surface area contributed by atoms with Crippen molar-refractivity contribution in [3.8, 4) is 0 Å². The Morgan fingerprint density at radius 2 is 2.20 bits per heavy atom. The van der Waals surface area contributed by atoms with Gasteiger partial charge in [-0.15, -0.1) is 0 Å². The Labute approximate surface area is 120 Å². The number of carbonyl (C=O) groups excluding carboxylic acids is 1. The van der Waals surface area contributed by atoms with Gasteiger partial charge in [0.1, 0.15) is 5.82 Å². The maximum atomic E-state index is 13.6. The molecule has 1 aromatic carbocycles. The fourth-order valence-corrected chi connectivity index (χ4v) is 2.32. The number of amides is 2. The lowest BCUT2D eigenvalue weighted by Crippen LogP contribution is -2.47. The van der Waals surface area contributed by atoms with Gasteiger partial charge < -0.3 is 15.3 Å². The molecular formula is C13H15ClF2N2O2. The van der Waals surface area contributed by atoms with Crippen molar-refractivity contribution >= 4 is 23.3 Å². The minimum Gasteiger partial charge on any atom is -0.391 e. The molecule has 2 N–H and O–H groups in total. The van der Waals surface area contributed by atoms with Gasteiger partial charge in [0.2, 0.25) is 0 Å². The molecule has 0 spiro atoms. The first-order valence-electron chi connectivity index (χ1n) is 6.27. The molecule has 0 aliphatic carbocycles. The van der Waals surface area contributed by atoms with E-state index in [1.54, 1.807) is 0 Å². The Kier molecular flexibility index (Phi) is 4.45. The highest BCUT2D eigenvalue weighted by Crippen LogP contribution is 2.27. The minimum atomic E-state index is -0.936. The largest absolute Gasteiger partial charge is 0.391 e. The highest BCUT2D eigenvalue weighted by molar-refractivity contribution is 6.33. The zero-order valence-electron chi connectivity index (χ0n) is 10.9. The van der Waals surface area contributed by atoms with Crippen LogP contribution in [0.3, 0.4) is 0 Å². The molecule has 0 saturated carbocycles. The molecule has 1 fully saturated rings. The monoisotopic (exact) mass is 304 g/mol. The number of carbonyl (C=O) groups is 1. The summed E-state index contributed by atoms with van der Waals surface area (Å²) >= 11 is 5.71. The summed E-state index contributed by atoms with van der Waals surface area (Å²) in [5, 5.41) is 11.8. The molecule has 2 atom stereocenters. The van der Waals surface area contributed by atoms with Crippen molar-refractivity contribution in [3.05, 3.63) is 28.8 Å². The van der Waals surface area contributed by atoms with Crippen LogP contribution in [0.1, 0.15) is 13.3 Å². The standard InChI is InChI=1S/C13H15ClF2N2O2/c1-7-2-3-18(6-11(7)19)13(20)17-12-9(14)4-8(15)5-10(12)16/h4-5,7,11,19H,2-3,6H2,1H3,(H,17,20). The second kappa shape index (κ2) is 5.93. The summed E-state index contributed by atoms with van der Waals surface area (Å²) in [6, 6.07) is 1.01. The van der Waals surface area contributed by atoms with E-state index in [2.05, 4.69) is 5.32 Å². The van der Waals surface area contributed by atoms with Gasteiger partial charge in [0.05, 0.1) is 16.8 Å². The van der Waals surface area contributed by atoms with E-state index in [1.165, 1.54) is 4.90 Å². The lowest BCUT2D eigenvalue weighted by molar-refractivity contribution is 0.0463. The molecule has 0 bridgehead atoms. The zero-order valence-corrected chi connectivity index (χ0v) is 11.6. The third-order valence-electron chi connectivity index (χ3n) is 3.44. The smallest absolute Gasteiger partial charge is 0.322 e. The van der Waals surface area contributed by atoms with Gasteiger partial charge in [0.25, 0.3) is 0 Å². The second-order valence-corrected chi connectivity index (χ2v) is 5.36. The summed E-state index contributed by atoms with van der Waals surface area (Å²) in [5.74, 6) is -1.63. The van der Waals surface area contributed by atoms with Crippen LogP contribution in [0, 0.1) is 17.6 Å². The normalized spacial score (nSPS) is 22.8. The minimum absolute atomic E-state index is 0.116. The quantitative estimate of drug-likeness (QED) is 0.838. The van der Waals surface area contributed by atoms with Crippen molar-refractivity contribution < 1.29 is 18.7 Å². The molecule has 2 rings (SSSR count). The Morgan fingerprint density at radius 1 is 1.50 bits per heavy atom. The van der Waals surface area contributed by atoms with Gasteiger partial charge >= 0.3 is 6.03 Å². The average Bonchev–Trinajstić information content (AvgIpc) is 2.36. The molecule has 1 aliphatic rings. The number of halogens is 3. The maximum Gasteiger partial charge on any atom is 0.322 e. The molecule has 2 unspecified atom stereocenters. The third kappa shape index (κ3) is 3.19.